The third kappa shape index (κ3) is 3.34. The van der Waals surface area contributed by atoms with Gasteiger partial charge >= 0.3 is 0 Å². The Morgan fingerprint density at radius 2 is 2.00 bits per heavy atom. The fourth-order valence-corrected chi connectivity index (χ4v) is 3.05. The maximum atomic E-state index is 6.42. The van der Waals surface area contributed by atoms with E-state index in [1.807, 2.05) is 12.1 Å². The first-order chi connectivity index (χ1) is 9.45. The van der Waals surface area contributed by atoms with Crippen LogP contribution in [0.15, 0.2) is 24.3 Å². The van der Waals surface area contributed by atoms with Gasteiger partial charge in [-0.05, 0) is 38.0 Å². The number of halogens is 1. The van der Waals surface area contributed by atoms with E-state index in [2.05, 4.69) is 37.8 Å². The fraction of sp³-hybridized carbons (Fsp3) is 0.625. The lowest BCUT2D eigenvalue weighted by atomic mass is 9.90. The number of hydrogen-bond donors (Lipinski definition) is 1. The van der Waals surface area contributed by atoms with Crippen molar-refractivity contribution in [2.75, 3.05) is 19.8 Å². The smallest absolute Gasteiger partial charge is 0.0645 e. The highest BCUT2D eigenvalue weighted by atomic mass is 35.5. The van der Waals surface area contributed by atoms with Crippen LogP contribution in [-0.4, -0.2) is 36.2 Å². The van der Waals surface area contributed by atoms with Crippen molar-refractivity contribution in [1.29, 1.82) is 0 Å². The average molecular weight is 297 g/mol. The molecule has 0 spiro atoms. The second-order valence-electron chi connectivity index (χ2n) is 6.13. The van der Waals surface area contributed by atoms with Crippen LogP contribution in [0.5, 0.6) is 0 Å². The van der Waals surface area contributed by atoms with E-state index >= 15 is 0 Å². The summed E-state index contributed by atoms with van der Waals surface area (Å²) in [7, 11) is 0. The summed E-state index contributed by atoms with van der Waals surface area (Å²) >= 11 is 6.01. The first-order valence-corrected chi connectivity index (χ1v) is 7.69. The minimum atomic E-state index is -0.00462. The van der Waals surface area contributed by atoms with E-state index in [1.54, 1.807) is 0 Å². The molecule has 2 N–H and O–H groups in total. The van der Waals surface area contributed by atoms with Crippen molar-refractivity contribution in [3.8, 4) is 0 Å². The van der Waals surface area contributed by atoms with Gasteiger partial charge in [-0.2, -0.15) is 0 Å². The second-order valence-corrected chi connectivity index (χ2v) is 6.56. The Labute approximate surface area is 127 Å². The molecule has 1 aromatic rings. The minimum Gasteiger partial charge on any atom is -0.378 e. The maximum Gasteiger partial charge on any atom is 0.0645 e. The molecule has 1 heterocycles. The quantitative estimate of drug-likeness (QED) is 0.927. The van der Waals surface area contributed by atoms with Crippen molar-refractivity contribution < 1.29 is 4.74 Å². The molecule has 1 aliphatic heterocycles. The van der Waals surface area contributed by atoms with Crippen molar-refractivity contribution in [3.63, 3.8) is 0 Å². The number of nitrogens with two attached hydrogens (primary N) is 1. The molecule has 4 heteroatoms. The molecule has 2 atom stereocenters. The van der Waals surface area contributed by atoms with Crippen molar-refractivity contribution in [3.05, 3.63) is 34.9 Å². The molecule has 1 aromatic carbocycles. The zero-order chi connectivity index (χ0) is 14.8. The highest BCUT2D eigenvalue weighted by Crippen LogP contribution is 2.33. The zero-order valence-corrected chi connectivity index (χ0v) is 13.4. The second kappa shape index (κ2) is 6.44. The van der Waals surface area contributed by atoms with Crippen LogP contribution in [0.4, 0.5) is 0 Å². The normalized spacial score (nSPS) is 22.4. The third-order valence-corrected chi connectivity index (χ3v) is 4.39. The van der Waals surface area contributed by atoms with E-state index in [4.69, 9.17) is 22.1 Å². The van der Waals surface area contributed by atoms with Gasteiger partial charge < -0.3 is 10.5 Å². The largest absolute Gasteiger partial charge is 0.378 e. The number of nitrogens with zero attached hydrogens (tertiary/aromatic N) is 1. The van der Waals surface area contributed by atoms with E-state index in [1.165, 1.54) is 5.56 Å². The van der Waals surface area contributed by atoms with E-state index in [-0.39, 0.29) is 17.6 Å². The van der Waals surface area contributed by atoms with E-state index < -0.39 is 0 Å². The molecule has 0 aliphatic carbocycles. The molecule has 0 amide bonds. The molecule has 2 rings (SSSR count). The molecule has 0 aromatic heterocycles. The summed E-state index contributed by atoms with van der Waals surface area (Å²) in [5.74, 6) is 0. The lowest BCUT2D eigenvalue weighted by Crippen LogP contribution is -2.57. The molecule has 2 unspecified atom stereocenters. The summed E-state index contributed by atoms with van der Waals surface area (Å²) in [6.45, 7) is 9.00. The Kier molecular flexibility index (Phi) is 5.08. The lowest BCUT2D eigenvalue weighted by Gasteiger charge is -2.48. The number of ether oxygens (including phenoxy) is 1. The molecule has 0 saturated carbocycles. The van der Waals surface area contributed by atoms with E-state index in [9.17, 15) is 0 Å². The van der Waals surface area contributed by atoms with Crippen LogP contribution >= 0.6 is 11.6 Å². The number of hydrogen-bond acceptors (Lipinski definition) is 3. The Bertz CT molecular complexity index is 433. The zero-order valence-electron chi connectivity index (χ0n) is 12.6. The molecular formula is C16H25ClN2O. The highest BCUT2D eigenvalue weighted by molar-refractivity contribution is 6.30. The van der Waals surface area contributed by atoms with E-state index in [0.717, 1.165) is 31.2 Å². The fourth-order valence-electron chi connectivity index (χ4n) is 2.93. The van der Waals surface area contributed by atoms with Crippen LogP contribution in [-0.2, 0) is 4.74 Å². The Balaban J connectivity index is 2.34. The van der Waals surface area contributed by atoms with Crippen LogP contribution in [0.1, 0.15) is 38.8 Å². The minimum absolute atomic E-state index is 0.00462. The molecule has 1 fully saturated rings. The molecule has 0 bridgehead atoms. The van der Waals surface area contributed by atoms with Crippen LogP contribution < -0.4 is 5.73 Å². The van der Waals surface area contributed by atoms with Gasteiger partial charge in [0.05, 0.1) is 19.3 Å². The predicted octanol–water partition coefficient (Wildman–Crippen LogP) is 3.23. The first kappa shape index (κ1) is 15.8. The van der Waals surface area contributed by atoms with Gasteiger partial charge in [-0.3, -0.25) is 4.90 Å². The maximum absolute atomic E-state index is 6.42. The Morgan fingerprint density at radius 3 is 2.55 bits per heavy atom. The number of morpholine rings is 1. The molecule has 1 aliphatic rings. The molecule has 0 radical (unpaired) electrons. The van der Waals surface area contributed by atoms with Crippen molar-refractivity contribution in [1.82, 2.24) is 4.90 Å². The molecule has 112 valence electrons. The summed E-state index contributed by atoms with van der Waals surface area (Å²) in [5, 5.41) is 0.763. The molecular weight excluding hydrogens is 272 g/mol. The first-order valence-electron chi connectivity index (χ1n) is 7.31. The van der Waals surface area contributed by atoms with Crippen LogP contribution in [0, 0.1) is 0 Å². The van der Waals surface area contributed by atoms with Gasteiger partial charge in [0.1, 0.15) is 0 Å². The molecule has 20 heavy (non-hydrogen) atoms. The number of benzene rings is 1. The standard InChI is InChI=1S/C16H25ClN2O/c1-4-14(18)15(12-5-7-13(17)8-6-12)19-9-10-20-11-16(19,2)3/h5-8,14-15H,4,9-11,18H2,1-3H3. The van der Waals surface area contributed by atoms with Gasteiger partial charge in [0, 0.05) is 23.1 Å². The Hall–Kier alpha value is -0.610. The average Bonchev–Trinajstić information content (AvgIpc) is 2.42. The third-order valence-electron chi connectivity index (χ3n) is 4.13. The van der Waals surface area contributed by atoms with Crippen molar-refractivity contribution in [2.24, 2.45) is 5.73 Å². The van der Waals surface area contributed by atoms with Gasteiger partial charge in [0.15, 0.2) is 0 Å². The number of rotatable bonds is 4. The summed E-state index contributed by atoms with van der Waals surface area (Å²) in [5.41, 5.74) is 7.65. The molecule has 1 saturated heterocycles. The SMILES string of the molecule is CCC(N)C(c1ccc(Cl)cc1)N1CCOCC1(C)C. The topological polar surface area (TPSA) is 38.5 Å². The van der Waals surface area contributed by atoms with Gasteiger partial charge in [-0.15, -0.1) is 0 Å². The lowest BCUT2D eigenvalue weighted by molar-refractivity contribution is -0.0777. The van der Waals surface area contributed by atoms with E-state index in [0.29, 0.717) is 0 Å². The van der Waals surface area contributed by atoms with Crippen LogP contribution in [0.25, 0.3) is 0 Å². The summed E-state index contributed by atoms with van der Waals surface area (Å²) in [4.78, 5) is 2.48. The van der Waals surface area contributed by atoms with Gasteiger partial charge in [-0.25, -0.2) is 0 Å². The van der Waals surface area contributed by atoms with Gasteiger partial charge in [-0.1, -0.05) is 30.7 Å². The van der Waals surface area contributed by atoms with Crippen molar-refractivity contribution >= 4 is 11.6 Å². The highest BCUT2D eigenvalue weighted by Gasteiger charge is 2.38. The monoisotopic (exact) mass is 296 g/mol. The molecule has 3 nitrogen and oxygen atoms in total. The summed E-state index contributed by atoms with van der Waals surface area (Å²) < 4.78 is 5.63. The Morgan fingerprint density at radius 1 is 1.35 bits per heavy atom. The summed E-state index contributed by atoms with van der Waals surface area (Å²) in [6, 6.07) is 8.38. The van der Waals surface area contributed by atoms with Gasteiger partial charge in [0.2, 0.25) is 0 Å². The van der Waals surface area contributed by atoms with Crippen LogP contribution in [0.2, 0.25) is 5.02 Å². The van der Waals surface area contributed by atoms with Gasteiger partial charge in [0.25, 0.3) is 0 Å². The van der Waals surface area contributed by atoms with Crippen molar-refractivity contribution in [2.45, 2.75) is 44.8 Å². The summed E-state index contributed by atoms with van der Waals surface area (Å²) in [6.07, 6.45) is 0.945. The van der Waals surface area contributed by atoms with Crippen LogP contribution in [0.3, 0.4) is 0 Å². The predicted molar refractivity (Wildman–Crippen MR) is 84.1 cm³/mol.